The first-order valence-electron chi connectivity index (χ1n) is 4.46. The van der Waals surface area contributed by atoms with E-state index in [0.29, 0.717) is 0 Å². The summed E-state index contributed by atoms with van der Waals surface area (Å²) in [6.45, 7) is 3.61. The van der Waals surface area contributed by atoms with Crippen LogP contribution in [-0.4, -0.2) is 30.2 Å². The van der Waals surface area contributed by atoms with Gasteiger partial charge in [0.15, 0.2) is 5.13 Å². The van der Waals surface area contributed by atoms with E-state index in [1.807, 2.05) is 6.92 Å². The Morgan fingerprint density at radius 2 is 2.12 bits per heavy atom. The average Bonchev–Trinajstić information content (AvgIpc) is 2.42. The number of hydrogen-bond donors (Lipinski definition) is 2. The van der Waals surface area contributed by atoms with Crippen LogP contribution in [0.3, 0.4) is 0 Å². The van der Waals surface area contributed by atoms with Crippen LogP contribution >= 0.6 is 11.3 Å². The predicted octanol–water partition coefficient (Wildman–Crippen LogP) is 0.976. The number of carboxylic acid groups (broad SMARTS) is 1. The van der Waals surface area contributed by atoms with E-state index < -0.39 is 28.2 Å². The molecule has 0 radical (unpaired) electrons. The standard InChI is InChI=1S/C8H12N2O4S2/c1-5-6(2)15-8(9-5)10-16(13,14)4-3-7(11)12/h3-4H2,1-2H3,(H,9,10)(H,11,12). The van der Waals surface area contributed by atoms with Crippen molar-refractivity contribution in [2.45, 2.75) is 20.3 Å². The van der Waals surface area contributed by atoms with Crippen LogP contribution in [-0.2, 0) is 14.8 Å². The molecule has 1 aromatic heterocycles. The molecule has 0 fully saturated rings. The highest BCUT2D eigenvalue weighted by atomic mass is 32.2. The summed E-state index contributed by atoms with van der Waals surface area (Å²) >= 11 is 1.23. The quantitative estimate of drug-likeness (QED) is 0.826. The highest BCUT2D eigenvalue weighted by Gasteiger charge is 2.15. The summed E-state index contributed by atoms with van der Waals surface area (Å²) in [5.41, 5.74) is 0.765. The lowest BCUT2D eigenvalue weighted by Gasteiger charge is -2.02. The van der Waals surface area contributed by atoms with Gasteiger partial charge in [0.2, 0.25) is 10.0 Å². The zero-order valence-corrected chi connectivity index (χ0v) is 10.5. The molecule has 0 unspecified atom stereocenters. The van der Waals surface area contributed by atoms with Gasteiger partial charge in [-0.05, 0) is 13.8 Å². The number of carbonyl (C=O) groups is 1. The number of aliphatic carboxylic acids is 1. The van der Waals surface area contributed by atoms with E-state index in [0.717, 1.165) is 10.6 Å². The van der Waals surface area contributed by atoms with E-state index in [4.69, 9.17) is 5.11 Å². The second kappa shape index (κ2) is 4.79. The zero-order valence-electron chi connectivity index (χ0n) is 8.85. The number of aromatic nitrogens is 1. The van der Waals surface area contributed by atoms with Crippen LogP contribution in [0.1, 0.15) is 17.0 Å². The van der Waals surface area contributed by atoms with Crippen LogP contribution < -0.4 is 4.72 Å². The van der Waals surface area contributed by atoms with Gasteiger partial charge in [0, 0.05) is 4.88 Å². The van der Waals surface area contributed by atoms with Crippen LogP contribution in [0, 0.1) is 13.8 Å². The highest BCUT2D eigenvalue weighted by molar-refractivity contribution is 7.92. The van der Waals surface area contributed by atoms with E-state index in [9.17, 15) is 13.2 Å². The van der Waals surface area contributed by atoms with E-state index in [2.05, 4.69) is 9.71 Å². The lowest BCUT2D eigenvalue weighted by atomic mass is 10.4. The summed E-state index contributed by atoms with van der Waals surface area (Å²) in [7, 11) is -3.62. The van der Waals surface area contributed by atoms with Gasteiger partial charge in [-0.3, -0.25) is 9.52 Å². The molecule has 2 N–H and O–H groups in total. The number of carboxylic acids is 1. The van der Waals surface area contributed by atoms with Gasteiger partial charge in [0.05, 0.1) is 17.9 Å². The van der Waals surface area contributed by atoms with E-state index in [-0.39, 0.29) is 5.13 Å². The van der Waals surface area contributed by atoms with E-state index in [1.54, 1.807) is 6.92 Å². The third kappa shape index (κ3) is 3.78. The molecule has 8 heteroatoms. The Labute approximate surface area is 97.4 Å². The minimum absolute atomic E-state index is 0.278. The van der Waals surface area contributed by atoms with E-state index >= 15 is 0 Å². The molecule has 0 aliphatic carbocycles. The summed E-state index contributed by atoms with van der Waals surface area (Å²) < 4.78 is 25.1. The second-order valence-corrected chi connectivity index (χ2v) is 6.27. The molecule has 0 aliphatic rings. The third-order valence-corrected chi connectivity index (χ3v) is 4.22. The maximum absolute atomic E-state index is 11.4. The first-order chi connectivity index (χ1) is 7.30. The fourth-order valence-corrected chi connectivity index (χ4v) is 2.99. The summed E-state index contributed by atoms with van der Waals surface area (Å²) in [4.78, 5) is 15.2. The number of anilines is 1. The van der Waals surface area contributed by atoms with Crippen molar-refractivity contribution in [1.29, 1.82) is 0 Å². The van der Waals surface area contributed by atoms with Crippen LogP contribution in [0.2, 0.25) is 0 Å². The molecule has 0 saturated heterocycles. The third-order valence-electron chi connectivity index (χ3n) is 1.86. The van der Waals surface area contributed by atoms with Gasteiger partial charge in [-0.1, -0.05) is 0 Å². The molecule has 0 bridgehead atoms. The summed E-state index contributed by atoms with van der Waals surface area (Å²) in [6, 6.07) is 0. The average molecular weight is 264 g/mol. The van der Waals surface area contributed by atoms with Gasteiger partial charge < -0.3 is 5.11 Å². The molecule has 0 spiro atoms. The number of aryl methyl sites for hydroxylation is 2. The number of nitrogens with one attached hydrogen (secondary N) is 1. The van der Waals surface area contributed by atoms with Crippen molar-refractivity contribution < 1.29 is 18.3 Å². The van der Waals surface area contributed by atoms with Crippen molar-refractivity contribution >= 4 is 32.5 Å². The van der Waals surface area contributed by atoms with Gasteiger partial charge in [0.25, 0.3) is 0 Å². The minimum Gasteiger partial charge on any atom is -0.481 e. The Bertz CT molecular complexity index is 473. The van der Waals surface area contributed by atoms with Crippen molar-refractivity contribution in [3.8, 4) is 0 Å². The van der Waals surface area contributed by atoms with Gasteiger partial charge >= 0.3 is 5.97 Å². The molecule has 0 saturated carbocycles. The molecule has 90 valence electrons. The Balaban J connectivity index is 2.69. The largest absolute Gasteiger partial charge is 0.481 e. The molecule has 0 amide bonds. The minimum atomic E-state index is -3.62. The Hall–Kier alpha value is -1.15. The number of rotatable bonds is 5. The molecule has 1 aromatic rings. The lowest BCUT2D eigenvalue weighted by molar-refractivity contribution is -0.136. The number of thiazole rings is 1. The van der Waals surface area contributed by atoms with Gasteiger partial charge in [-0.15, -0.1) is 11.3 Å². The molecule has 1 heterocycles. The molecular formula is C8H12N2O4S2. The van der Waals surface area contributed by atoms with Crippen LogP contribution in [0.25, 0.3) is 0 Å². The normalized spacial score (nSPS) is 11.4. The summed E-state index contributed by atoms with van der Waals surface area (Å²) in [6.07, 6.45) is -0.418. The topological polar surface area (TPSA) is 96.4 Å². The zero-order chi connectivity index (χ0) is 12.3. The first-order valence-corrected chi connectivity index (χ1v) is 6.93. The molecular weight excluding hydrogens is 252 g/mol. The fourth-order valence-electron chi connectivity index (χ4n) is 0.922. The number of hydrogen-bond acceptors (Lipinski definition) is 5. The van der Waals surface area contributed by atoms with Crippen molar-refractivity contribution in [3.63, 3.8) is 0 Å². The Morgan fingerprint density at radius 1 is 1.50 bits per heavy atom. The molecule has 0 aliphatic heterocycles. The number of nitrogens with zero attached hydrogens (tertiary/aromatic N) is 1. The smallest absolute Gasteiger partial charge is 0.304 e. The van der Waals surface area contributed by atoms with Gasteiger partial charge in [0.1, 0.15) is 0 Å². The van der Waals surface area contributed by atoms with Crippen molar-refractivity contribution in [2.75, 3.05) is 10.5 Å². The van der Waals surface area contributed by atoms with Gasteiger partial charge in [-0.2, -0.15) is 0 Å². The molecule has 0 aromatic carbocycles. The monoisotopic (exact) mass is 264 g/mol. The highest BCUT2D eigenvalue weighted by Crippen LogP contribution is 2.22. The molecule has 6 nitrogen and oxygen atoms in total. The molecule has 1 rings (SSSR count). The van der Waals surface area contributed by atoms with Crippen molar-refractivity contribution in [2.24, 2.45) is 0 Å². The molecule has 0 atom stereocenters. The van der Waals surface area contributed by atoms with Crippen molar-refractivity contribution in [3.05, 3.63) is 10.6 Å². The van der Waals surface area contributed by atoms with Gasteiger partial charge in [-0.25, -0.2) is 13.4 Å². The lowest BCUT2D eigenvalue weighted by Crippen LogP contribution is -2.18. The molecule has 16 heavy (non-hydrogen) atoms. The van der Waals surface area contributed by atoms with Crippen LogP contribution in [0.4, 0.5) is 5.13 Å². The van der Waals surface area contributed by atoms with Crippen molar-refractivity contribution in [1.82, 2.24) is 4.98 Å². The second-order valence-electron chi connectivity index (χ2n) is 3.23. The maximum Gasteiger partial charge on any atom is 0.304 e. The maximum atomic E-state index is 11.4. The van der Waals surface area contributed by atoms with E-state index in [1.165, 1.54) is 11.3 Å². The van der Waals surface area contributed by atoms with Crippen LogP contribution in [0.15, 0.2) is 0 Å². The fraction of sp³-hybridized carbons (Fsp3) is 0.500. The summed E-state index contributed by atoms with van der Waals surface area (Å²) in [5.74, 6) is -1.59. The SMILES string of the molecule is Cc1nc(NS(=O)(=O)CCC(=O)O)sc1C. The van der Waals surface area contributed by atoms with Crippen LogP contribution in [0.5, 0.6) is 0 Å². The predicted molar refractivity (Wildman–Crippen MR) is 61.3 cm³/mol. The first kappa shape index (κ1) is 12.9. The number of sulfonamides is 1. The summed E-state index contributed by atoms with van der Waals surface area (Å²) in [5, 5.41) is 8.66. The Kier molecular flexibility index (Phi) is 3.87. The Morgan fingerprint density at radius 3 is 2.56 bits per heavy atom.